The highest BCUT2D eigenvalue weighted by atomic mass is 35.5. The maximum absolute atomic E-state index is 12.3. The van der Waals surface area contributed by atoms with Gasteiger partial charge in [-0.3, -0.25) is 9.78 Å². The summed E-state index contributed by atoms with van der Waals surface area (Å²) in [6.07, 6.45) is 1.78. The highest BCUT2D eigenvalue weighted by Crippen LogP contribution is 2.44. The number of para-hydroxylation sites is 1. The Morgan fingerprint density at radius 2 is 1.83 bits per heavy atom. The predicted octanol–water partition coefficient (Wildman–Crippen LogP) is 5.99. The van der Waals surface area contributed by atoms with Crippen molar-refractivity contribution in [2.45, 2.75) is 12.1 Å². The van der Waals surface area contributed by atoms with E-state index in [-0.39, 0.29) is 24.6 Å². The minimum atomic E-state index is -0.235. The van der Waals surface area contributed by atoms with E-state index in [4.69, 9.17) is 28.6 Å². The molecule has 9 heteroatoms. The summed E-state index contributed by atoms with van der Waals surface area (Å²) in [5.74, 6) is 0.413. The zero-order valence-electron chi connectivity index (χ0n) is 18.4. The number of carbonyl (C=O) groups excluding carboxylic acids is 1. The van der Waals surface area contributed by atoms with Crippen LogP contribution in [0.3, 0.4) is 0 Å². The van der Waals surface area contributed by atoms with Gasteiger partial charge in [0.15, 0.2) is 11.7 Å². The van der Waals surface area contributed by atoms with Gasteiger partial charge in [-0.2, -0.15) is 0 Å². The lowest BCUT2D eigenvalue weighted by Crippen LogP contribution is -2.29. The van der Waals surface area contributed by atoms with Crippen LogP contribution in [0.4, 0.5) is 11.4 Å². The third kappa shape index (κ3) is 5.30. The first kappa shape index (κ1) is 23.3. The van der Waals surface area contributed by atoms with Crippen molar-refractivity contribution in [3.8, 4) is 5.75 Å². The second-order valence-electron chi connectivity index (χ2n) is 7.84. The van der Waals surface area contributed by atoms with Crippen molar-refractivity contribution in [3.05, 3.63) is 106 Å². The molecule has 0 spiro atoms. The van der Waals surface area contributed by atoms with Gasteiger partial charge in [0.2, 0.25) is 0 Å². The van der Waals surface area contributed by atoms with Gasteiger partial charge in [0.25, 0.3) is 5.91 Å². The molecule has 1 saturated heterocycles. The fourth-order valence-corrected chi connectivity index (χ4v) is 5.51. The van der Waals surface area contributed by atoms with Crippen LogP contribution in [0.5, 0.6) is 5.75 Å². The van der Waals surface area contributed by atoms with E-state index in [0.29, 0.717) is 20.9 Å². The monoisotopic (exact) mass is 520 g/mol. The molecule has 0 radical (unpaired) electrons. The molecule has 0 unspecified atom stereocenters. The molecule has 0 saturated carbocycles. The number of rotatable bonds is 7. The first-order chi connectivity index (χ1) is 17.1. The summed E-state index contributed by atoms with van der Waals surface area (Å²) < 4.78 is 6.23. The number of ether oxygens (including phenoxy) is 1. The molecule has 4 aromatic rings. The third-order valence-electron chi connectivity index (χ3n) is 5.53. The number of carbonyl (C=O) groups is 1. The quantitative estimate of drug-likeness (QED) is 0.292. The maximum atomic E-state index is 12.3. The van der Waals surface area contributed by atoms with E-state index in [2.05, 4.69) is 20.5 Å². The third-order valence-corrected chi connectivity index (χ3v) is 7.14. The van der Waals surface area contributed by atoms with Crippen molar-refractivity contribution in [3.63, 3.8) is 0 Å². The van der Waals surface area contributed by atoms with E-state index < -0.39 is 0 Å². The van der Waals surface area contributed by atoms with Crippen LogP contribution in [-0.4, -0.2) is 22.6 Å². The van der Waals surface area contributed by atoms with Gasteiger partial charge >= 0.3 is 0 Å². The number of thiophene rings is 1. The molecule has 2 aromatic heterocycles. The normalized spacial score (nSPS) is 17.2. The highest BCUT2D eigenvalue weighted by Gasteiger charge is 2.41. The summed E-state index contributed by atoms with van der Waals surface area (Å²) in [6.45, 7) is -0.0706. The Hall–Kier alpha value is -3.46. The van der Waals surface area contributed by atoms with Crippen LogP contribution >= 0.6 is 35.2 Å². The first-order valence-corrected chi connectivity index (χ1v) is 12.5. The Labute approximate surface area is 217 Å². The van der Waals surface area contributed by atoms with E-state index in [0.717, 1.165) is 16.3 Å². The van der Waals surface area contributed by atoms with Crippen molar-refractivity contribution < 1.29 is 9.53 Å². The summed E-state index contributed by atoms with van der Waals surface area (Å²) in [5.41, 5.74) is 2.47. The van der Waals surface area contributed by atoms with Gasteiger partial charge in [0.1, 0.15) is 5.75 Å². The van der Waals surface area contributed by atoms with Crippen LogP contribution in [-0.2, 0) is 4.79 Å². The van der Waals surface area contributed by atoms with Gasteiger partial charge in [-0.05, 0) is 72.9 Å². The second kappa shape index (κ2) is 10.4. The Kier molecular flexibility index (Phi) is 6.94. The van der Waals surface area contributed by atoms with Gasteiger partial charge in [0, 0.05) is 22.4 Å². The number of amides is 1. The van der Waals surface area contributed by atoms with E-state index in [1.807, 2.05) is 84.9 Å². The van der Waals surface area contributed by atoms with E-state index in [1.165, 1.54) is 11.3 Å². The summed E-state index contributed by atoms with van der Waals surface area (Å²) in [7, 11) is 0. The number of hydrogen-bond donors (Lipinski definition) is 2. The van der Waals surface area contributed by atoms with Gasteiger partial charge in [-0.15, -0.1) is 11.3 Å². The number of anilines is 2. The fraction of sp³-hybridized carbons (Fsp3) is 0.115. The zero-order valence-corrected chi connectivity index (χ0v) is 20.8. The van der Waals surface area contributed by atoms with E-state index in [9.17, 15) is 4.79 Å². The van der Waals surface area contributed by atoms with Gasteiger partial charge < -0.3 is 20.3 Å². The number of hydrogen-bond acceptors (Lipinski definition) is 5. The number of nitrogens with zero attached hydrogens (tertiary/aromatic N) is 2. The number of benzene rings is 2. The van der Waals surface area contributed by atoms with Gasteiger partial charge in [-0.1, -0.05) is 35.9 Å². The Morgan fingerprint density at radius 1 is 1.06 bits per heavy atom. The molecule has 2 atom stereocenters. The standard InChI is InChI=1S/C26H21ClN4O2S2/c27-22-14-13-21(35-22)25-24(20-8-4-5-15-28-20)30-26(34)31(25)18-11-9-17(10-12-18)29-23(32)16-33-19-6-2-1-3-7-19/h1-15,24-25H,16H2,(H,29,32)(H,30,34)/t24-,25-/m1/s1. The maximum Gasteiger partial charge on any atom is 0.262 e. The average Bonchev–Trinajstić information content (AvgIpc) is 3.47. The smallest absolute Gasteiger partial charge is 0.262 e. The molecule has 3 heterocycles. The minimum Gasteiger partial charge on any atom is -0.484 e. The van der Waals surface area contributed by atoms with Gasteiger partial charge in [-0.25, -0.2) is 0 Å². The number of pyridine rings is 1. The molecular weight excluding hydrogens is 500 g/mol. The number of nitrogens with one attached hydrogen (secondary N) is 2. The molecule has 1 aliphatic heterocycles. The lowest BCUT2D eigenvalue weighted by atomic mass is 10.0. The minimum absolute atomic E-state index is 0.0706. The summed E-state index contributed by atoms with van der Waals surface area (Å²) in [5, 5.41) is 6.89. The number of halogens is 1. The van der Waals surface area contributed by atoms with Gasteiger partial charge in [0.05, 0.1) is 22.1 Å². The largest absolute Gasteiger partial charge is 0.484 e. The lowest BCUT2D eigenvalue weighted by molar-refractivity contribution is -0.118. The molecule has 0 aliphatic carbocycles. The van der Waals surface area contributed by atoms with Crippen molar-refractivity contribution in [2.24, 2.45) is 0 Å². The summed E-state index contributed by atoms with van der Waals surface area (Å²) >= 11 is 13.5. The van der Waals surface area contributed by atoms with Crippen molar-refractivity contribution in [1.29, 1.82) is 0 Å². The van der Waals surface area contributed by atoms with E-state index in [1.54, 1.807) is 6.20 Å². The molecule has 2 N–H and O–H groups in total. The molecule has 1 fully saturated rings. The molecule has 1 amide bonds. The average molecular weight is 521 g/mol. The lowest BCUT2D eigenvalue weighted by Gasteiger charge is -2.27. The van der Waals surface area contributed by atoms with Crippen LogP contribution in [0.15, 0.2) is 91.1 Å². The van der Waals surface area contributed by atoms with Crippen LogP contribution in [0.1, 0.15) is 22.7 Å². The van der Waals surface area contributed by atoms with Crippen LogP contribution in [0.2, 0.25) is 4.34 Å². The Balaban J connectivity index is 1.34. The Morgan fingerprint density at radius 3 is 2.51 bits per heavy atom. The Bertz CT molecular complexity index is 1320. The van der Waals surface area contributed by atoms with E-state index >= 15 is 0 Å². The SMILES string of the molecule is O=C(COc1ccccc1)Nc1ccc(N2C(=S)N[C@H](c3ccccn3)[C@H]2c2ccc(Cl)s2)cc1. The van der Waals surface area contributed by atoms with Crippen molar-refractivity contribution in [1.82, 2.24) is 10.3 Å². The van der Waals surface area contributed by atoms with Crippen LogP contribution in [0.25, 0.3) is 0 Å². The molecule has 5 rings (SSSR count). The summed E-state index contributed by atoms with van der Waals surface area (Å²) in [4.78, 5) is 20.0. The van der Waals surface area contributed by atoms with Crippen molar-refractivity contribution in [2.75, 3.05) is 16.8 Å². The molecular formula is C26H21ClN4O2S2. The van der Waals surface area contributed by atoms with Crippen LogP contribution < -0.4 is 20.3 Å². The molecule has 35 heavy (non-hydrogen) atoms. The fourth-order valence-electron chi connectivity index (χ4n) is 3.98. The molecule has 0 bridgehead atoms. The number of thiocarbonyl (C=S) groups is 1. The predicted molar refractivity (Wildman–Crippen MR) is 144 cm³/mol. The topological polar surface area (TPSA) is 66.5 Å². The second-order valence-corrected chi connectivity index (χ2v) is 9.97. The van der Waals surface area contributed by atoms with Crippen LogP contribution in [0, 0.1) is 0 Å². The molecule has 176 valence electrons. The molecule has 6 nitrogen and oxygen atoms in total. The first-order valence-electron chi connectivity index (χ1n) is 10.9. The zero-order chi connectivity index (χ0) is 24.2. The number of aromatic nitrogens is 1. The van der Waals surface area contributed by atoms with Crippen molar-refractivity contribution >= 4 is 57.5 Å². The molecule has 1 aliphatic rings. The highest BCUT2D eigenvalue weighted by molar-refractivity contribution is 7.80. The summed E-state index contributed by atoms with van der Waals surface area (Å²) in [6, 6.07) is 26.3. The molecule has 2 aromatic carbocycles.